The summed E-state index contributed by atoms with van der Waals surface area (Å²) < 4.78 is 12.0. The highest BCUT2D eigenvalue weighted by Crippen LogP contribution is 2.39. The summed E-state index contributed by atoms with van der Waals surface area (Å²) in [6.07, 6.45) is 8.71. The number of pyridine rings is 2. The number of hydrogen-bond donors (Lipinski definition) is 0. The predicted molar refractivity (Wildman–Crippen MR) is 103 cm³/mol. The van der Waals surface area contributed by atoms with Crippen molar-refractivity contribution in [2.24, 2.45) is 0 Å². The van der Waals surface area contributed by atoms with Gasteiger partial charge in [0.2, 0.25) is 5.88 Å². The minimum absolute atomic E-state index is 0.297. The number of benzene rings is 1. The van der Waals surface area contributed by atoms with Crippen LogP contribution in [-0.2, 0) is 6.61 Å². The minimum atomic E-state index is 0.297. The summed E-state index contributed by atoms with van der Waals surface area (Å²) in [5.41, 5.74) is 1.96. The number of ether oxygens (including phenoxy) is 2. The van der Waals surface area contributed by atoms with Crippen molar-refractivity contribution in [2.45, 2.75) is 48.5 Å². The van der Waals surface area contributed by atoms with Crippen molar-refractivity contribution in [2.75, 3.05) is 0 Å². The lowest BCUT2D eigenvalue weighted by Crippen LogP contribution is -2.01. The number of thioether (sulfide) groups is 1. The molecule has 0 N–H and O–H groups in total. The molecule has 5 heteroatoms. The highest BCUT2D eigenvalue weighted by atomic mass is 32.2. The van der Waals surface area contributed by atoms with E-state index in [2.05, 4.69) is 34.2 Å². The molecular formula is C21H20N2O2S. The van der Waals surface area contributed by atoms with Gasteiger partial charge in [0.25, 0.3) is 0 Å². The molecule has 0 atom stereocenters. The molecule has 0 bridgehead atoms. The van der Waals surface area contributed by atoms with E-state index in [0.29, 0.717) is 18.6 Å². The Hall–Kier alpha value is -2.27. The van der Waals surface area contributed by atoms with Crippen molar-refractivity contribution in [3.63, 3.8) is 0 Å². The van der Waals surface area contributed by atoms with Gasteiger partial charge in [-0.15, -0.1) is 11.8 Å². The number of nitrogens with zero attached hydrogens (tertiary/aromatic N) is 2. The molecule has 0 aliphatic heterocycles. The van der Waals surface area contributed by atoms with Crippen molar-refractivity contribution >= 4 is 22.7 Å². The zero-order valence-corrected chi connectivity index (χ0v) is 15.2. The molecule has 0 spiro atoms. The van der Waals surface area contributed by atoms with Gasteiger partial charge in [-0.1, -0.05) is 12.1 Å². The van der Waals surface area contributed by atoms with E-state index in [1.807, 2.05) is 23.9 Å². The van der Waals surface area contributed by atoms with Crippen molar-refractivity contribution < 1.29 is 9.47 Å². The van der Waals surface area contributed by atoms with Crippen molar-refractivity contribution in [1.82, 2.24) is 9.97 Å². The first-order chi connectivity index (χ1) is 12.8. The van der Waals surface area contributed by atoms with E-state index in [-0.39, 0.29) is 0 Å². The molecule has 0 amide bonds. The van der Waals surface area contributed by atoms with Gasteiger partial charge in [-0.05, 0) is 55.5 Å². The molecule has 1 aromatic carbocycles. The molecule has 0 saturated heterocycles. The Morgan fingerprint density at radius 3 is 2.73 bits per heavy atom. The van der Waals surface area contributed by atoms with Gasteiger partial charge in [-0.25, -0.2) is 4.98 Å². The second-order valence-electron chi connectivity index (χ2n) is 6.89. The van der Waals surface area contributed by atoms with E-state index < -0.39 is 0 Å². The Morgan fingerprint density at radius 1 is 1.00 bits per heavy atom. The molecule has 2 fully saturated rings. The van der Waals surface area contributed by atoms with Crippen LogP contribution in [0.1, 0.15) is 31.2 Å². The standard InChI is InChI=1S/C21H20N2O2S/c1-2-14(12-17(3-1)26-16-6-7-16)13-24-19-9-11-22-20-18(19)8-10-23-21(20)25-15-4-5-15/h1-3,8-12,15-16H,4-7,13H2. The Bertz CT molecular complexity index is 938. The maximum Gasteiger partial charge on any atom is 0.240 e. The molecule has 2 aromatic heterocycles. The summed E-state index contributed by atoms with van der Waals surface area (Å²) in [6, 6.07) is 12.5. The van der Waals surface area contributed by atoms with Crippen molar-refractivity contribution in [1.29, 1.82) is 0 Å². The van der Waals surface area contributed by atoms with Gasteiger partial charge in [0.15, 0.2) is 0 Å². The third-order valence-corrected chi connectivity index (χ3v) is 5.84. The van der Waals surface area contributed by atoms with E-state index in [1.54, 1.807) is 12.4 Å². The first-order valence-electron chi connectivity index (χ1n) is 9.14. The fourth-order valence-electron chi connectivity index (χ4n) is 2.83. The molecule has 0 radical (unpaired) electrons. The summed E-state index contributed by atoms with van der Waals surface area (Å²) in [4.78, 5) is 10.1. The highest BCUT2D eigenvalue weighted by molar-refractivity contribution is 8.00. The Kier molecular flexibility index (Phi) is 4.17. The molecule has 0 unspecified atom stereocenters. The molecule has 2 aliphatic rings. The van der Waals surface area contributed by atoms with Crippen LogP contribution in [0, 0.1) is 0 Å². The molecule has 2 aliphatic carbocycles. The fraction of sp³-hybridized carbons (Fsp3) is 0.333. The molecule has 3 aromatic rings. The Morgan fingerprint density at radius 2 is 1.88 bits per heavy atom. The molecular weight excluding hydrogens is 344 g/mol. The van der Waals surface area contributed by atoms with Gasteiger partial charge < -0.3 is 9.47 Å². The number of aromatic nitrogens is 2. The Labute approximate surface area is 157 Å². The van der Waals surface area contributed by atoms with Crippen LogP contribution in [0.3, 0.4) is 0 Å². The van der Waals surface area contributed by atoms with E-state index >= 15 is 0 Å². The molecule has 4 nitrogen and oxygen atoms in total. The molecule has 132 valence electrons. The van der Waals surface area contributed by atoms with Gasteiger partial charge in [0, 0.05) is 27.9 Å². The van der Waals surface area contributed by atoms with Gasteiger partial charge in [0.05, 0.1) is 0 Å². The number of hydrogen-bond acceptors (Lipinski definition) is 5. The predicted octanol–water partition coefficient (Wildman–Crippen LogP) is 5.00. The van der Waals surface area contributed by atoms with Crippen molar-refractivity contribution in [3.05, 3.63) is 54.4 Å². The quantitative estimate of drug-likeness (QED) is 0.590. The van der Waals surface area contributed by atoms with Gasteiger partial charge in [-0.3, -0.25) is 4.98 Å². The van der Waals surface area contributed by atoms with E-state index in [9.17, 15) is 0 Å². The van der Waals surface area contributed by atoms with E-state index in [4.69, 9.17) is 9.47 Å². The lowest BCUT2D eigenvalue weighted by molar-refractivity contribution is 0.293. The highest BCUT2D eigenvalue weighted by Gasteiger charge is 2.25. The first kappa shape index (κ1) is 15.9. The summed E-state index contributed by atoms with van der Waals surface area (Å²) in [5.74, 6) is 1.43. The average Bonchev–Trinajstić information content (AvgIpc) is 3.58. The normalized spacial score (nSPS) is 16.6. The lowest BCUT2D eigenvalue weighted by atomic mass is 10.2. The van der Waals surface area contributed by atoms with Gasteiger partial charge >= 0.3 is 0 Å². The maximum atomic E-state index is 6.12. The zero-order valence-electron chi connectivity index (χ0n) is 14.4. The van der Waals surface area contributed by atoms with Crippen LogP contribution in [0.2, 0.25) is 0 Å². The number of fused-ring (bicyclic) bond motifs is 1. The zero-order chi connectivity index (χ0) is 17.3. The Balaban J connectivity index is 1.35. The monoisotopic (exact) mass is 364 g/mol. The van der Waals surface area contributed by atoms with Gasteiger partial charge in [0.1, 0.15) is 24.0 Å². The average molecular weight is 364 g/mol. The van der Waals surface area contributed by atoms with Crippen LogP contribution in [0.25, 0.3) is 10.9 Å². The SMILES string of the molecule is c1cc(COc2ccnc3c(OC4CC4)nccc23)cc(SC2CC2)c1. The van der Waals surface area contributed by atoms with Crippen molar-refractivity contribution in [3.8, 4) is 11.6 Å². The second-order valence-corrected chi connectivity index (χ2v) is 8.27. The largest absolute Gasteiger partial charge is 0.488 e. The van der Waals surface area contributed by atoms with Crippen LogP contribution in [0.4, 0.5) is 0 Å². The third-order valence-electron chi connectivity index (χ3n) is 4.51. The van der Waals surface area contributed by atoms with Crippen LogP contribution in [0.5, 0.6) is 11.6 Å². The smallest absolute Gasteiger partial charge is 0.240 e. The molecule has 2 heterocycles. The van der Waals surface area contributed by atoms with E-state index in [0.717, 1.165) is 34.7 Å². The summed E-state index contributed by atoms with van der Waals surface area (Å²) >= 11 is 1.97. The number of rotatable bonds is 7. The minimum Gasteiger partial charge on any atom is -0.488 e. The lowest BCUT2D eigenvalue weighted by Gasteiger charge is -2.11. The van der Waals surface area contributed by atoms with Crippen LogP contribution in [-0.4, -0.2) is 21.3 Å². The third kappa shape index (κ3) is 3.63. The fourth-order valence-corrected chi connectivity index (χ4v) is 3.96. The maximum absolute atomic E-state index is 6.12. The van der Waals surface area contributed by atoms with Crippen LogP contribution in [0.15, 0.2) is 53.7 Å². The van der Waals surface area contributed by atoms with Gasteiger partial charge in [-0.2, -0.15) is 0 Å². The summed E-state index contributed by atoms with van der Waals surface area (Å²) in [5, 5.41) is 1.76. The topological polar surface area (TPSA) is 44.2 Å². The molecule has 2 saturated carbocycles. The summed E-state index contributed by atoms with van der Waals surface area (Å²) in [7, 11) is 0. The first-order valence-corrected chi connectivity index (χ1v) is 10.0. The molecule has 26 heavy (non-hydrogen) atoms. The second kappa shape index (κ2) is 6.80. The molecule has 5 rings (SSSR count). The summed E-state index contributed by atoms with van der Waals surface area (Å²) in [6.45, 7) is 0.541. The van der Waals surface area contributed by atoms with Crippen LogP contribution < -0.4 is 9.47 Å². The van der Waals surface area contributed by atoms with Crippen LogP contribution >= 0.6 is 11.8 Å². The van der Waals surface area contributed by atoms with E-state index in [1.165, 1.54) is 23.3 Å².